The van der Waals surface area contributed by atoms with Crippen molar-refractivity contribution in [3.05, 3.63) is 57.7 Å². The van der Waals surface area contributed by atoms with Crippen LogP contribution in [0.3, 0.4) is 0 Å². The van der Waals surface area contributed by atoms with Crippen LogP contribution in [0.25, 0.3) is 0 Å². The quantitative estimate of drug-likeness (QED) is 0.861. The highest BCUT2D eigenvalue weighted by atomic mass is 79.9. The molecule has 0 aliphatic rings. The molecule has 0 bridgehead atoms. The molecule has 0 spiro atoms. The van der Waals surface area contributed by atoms with Crippen LogP contribution in [-0.2, 0) is 0 Å². The highest BCUT2D eigenvalue weighted by Crippen LogP contribution is 2.31. The van der Waals surface area contributed by atoms with Crippen LogP contribution in [0.4, 0.5) is 13.2 Å². The number of aliphatic hydroxyl groups is 1. The van der Waals surface area contributed by atoms with Crippen LogP contribution in [-0.4, -0.2) is 5.11 Å². The Kier molecular flexibility index (Phi) is 3.26. The van der Waals surface area contributed by atoms with E-state index in [1.807, 2.05) is 0 Å². The van der Waals surface area contributed by atoms with Crippen LogP contribution < -0.4 is 0 Å². The normalized spacial score (nSPS) is 12.8. The van der Waals surface area contributed by atoms with E-state index in [-0.39, 0.29) is 11.3 Å². The van der Waals surface area contributed by atoms with Gasteiger partial charge in [0.05, 0.1) is 10.7 Å². The van der Waals surface area contributed by atoms with E-state index in [9.17, 15) is 18.3 Å². The van der Waals surface area contributed by atoms with Gasteiger partial charge in [-0.2, -0.15) is 0 Å². The molecule has 1 aromatic heterocycles. The molecule has 0 aliphatic carbocycles. The van der Waals surface area contributed by atoms with Crippen molar-refractivity contribution in [2.45, 2.75) is 6.10 Å². The molecule has 0 radical (unpaired) electrons. The first kappa shape index (κ1) is 12.2. The summed E-state index contributed by atoms with van der Waals surface area (Å²) in [5.41, 5.74) is -0.389. The maximum Gasteiger partial charge on any atom is 0.194 e. The second kappa shape index (κ2) is 4.54. The van der Waals surface area contributed by atoms with Crippen molar-refractivity contribution in [2.75, 3.05) is 0 Å². The Balaban J connectivity index is 2.48. The van der Waals surface area contributed by atoms with Gasteiger partial charge >= 0.3 is 0 Å². The van der Waals surface area contributed by atoms with Gasteiger partial charge in [0.1, 0.15) is 6.10 Å². The maximum absolute atomic E-state index is 13.4. The first-order valence-electron chi connectivity index (χ1n) is 4.56. The summed E-state index contributed by atoms with van der Waals surface area (Å²) in [7, 11) is 0. The van der Waals surface area contributed by atoms with Gasteiger partial charge in [-0.25, -0.2) is 13.2 Å². The number of furan rings is 1. The van der Waals surface area contributed by atoms with E-state index >= 15 is 0 Å². The van der Waals surface area contributed by atoms with Crippen molar-refractivity contribution < 1.29 is 22.7 Å². The smallest absolute Gasteiger partial charge is 0.194 e. The predicted octanol–water partition coefficient (Wildman–Crippen LogP) is 3.54. The molecule has 0 saturated carbocycles. The lowest BCUT2D eigenvalue weighted by atomic mass is 10.1. The van der Waals surface area contributed by atoms with Gasteiger partial charge in [0, 0.05) is 5.56 Å². The standard InChI is InChI=1S/C11H6BrF3O2/c12-6-3-4-17-11(6)10(16)5-1-2-7(13)9(15)8(5)14/h1-4,10,16H. The van der Waals surface area contributed by atoms with E-state index in [1.54, 1.807) is 0 Å². The molecule has 1 atom stereocenters. The molecular weight excluding hydrogens is 301 g/mol. The zero-order valence-corrected chi connectivity index (χ0v) is 9.84. The van der Waals surface area contributed by atoms with Crippen molar-refractivity contribution in [1.82, 2.24) is 0 Å². The molecule has 0 aliphatic heterocycles. The molecule has 1 heterocycles. The van der Waals surface area contributed by atoms with Crippen LogP contribution in [0.5, 0.6) is 0 Å². The summed E-state index contributed by atoms with van der Waals surface area (Å²) in [6.07, 6.45) is -0.227. The Morgan fingerprint density at radius 2 is 1.82 bits per heavy atom. The second-order valence-electron chi connectivity index (χ2n) is 3.30. The van der Waals surface area contributed by atoms with Crippen LogP contribution in [0.1, 0.15) is 17.4 Å². The minimum Gasteiger partial charge on any atom is -0.465 e. The van der Waals surface area contributed by atoms with Crippen LogP contribution >= 0.6 is 15.9 Å². The Hall–Kier alpha value is -1.27. The number of hydrogen-bond donors (Lipinski definition) is 1. The summed E-state index contributed by atoms with van der Waals surface area (Å²) in [4.78, 5) is 0. The summed E-state index contributed by atoms with van der Waals surface area (Å²) in [5.74, 6) is -4.34. The average Bonchev–Trinajstić information content (AvgIpc) is 2.72. The third kappa shape index (κ3) is 2.10. The molecule has 1 N–H and O–H groups in total. The molecular formula is C11H6BrF3O2. The molecule has 17 heavy (non-hydrogen) atoms. The first-order valence-corrected chi connectivity index (χ1v) is 5.36. The lowest BCUT2D eigenvalue weighted by molar-refractivity contribution is 0.182. The van der Waals surface area contributed by atoms with E-state index < -0.39 is 23.6 Å². The maximum atomic E-state index is 13.4. The number of aliphatic hydroxyl groups excluding tert-OH is 1. The molecule has 6 heteroatoms. The highest BCUT2D eigenvalue weighted by molar-refractivity contribution is 9.10. The lowest BCUT2D eigenvalue weighted by Gasteiger charge is -2.10. The van der Waals surface area contributed by atoms with E-state index in [2.05, 4.69) is 15.9 Å². The van der Waals surface area contributed by atoms with E-state index in [4.69, 9.17) is 4.42 Å². The average molecular weight is 307 g/mol. The van der Waals surface area contributed by atoms with Crippen LogP contribution in [0, 0.1) is 17.5 Å². The Morgan fingerprint density at radius 3 is 2.41 bits per heavy atom. The second-order valence-corrected chi connectivity index (χ2v) is 4.15. The summed E-state index contributed by atoms with van der Waals surface area (Å²) in [6.45, 7) is 0. The van der Waals surface area contributed by atoms with Crippen LogP contribution in [0.2, 0.25) is 0 Å². The molecule has 2 rings (SSSR count). The minimum absolute atomic E-state index is 0.0231. The summed E-state index contributed by atoms with van der Waals surface area (Å²) >= 11 is 3.08. The molecule has 0 amide bonds. The van der Waals surface area contributed by atoms with Gasteiger partial charge in [0.2, 0.25) is 0 Å². The van der Waals surface area contributed by atoms with Crippen molar-refractivity contribution in [2.24, 2.45) is 0 Å². The minimum atomic E-state index is -1.62. The Labute approximate surface area is 103 Å². The first-order chi connectivity index (χ1) is 8.02. The number of hydrogen-bond acceptors (Lipinski definition) is 2. The van der Waals surface area contributed by atoms with Crippen LogP contribution in [0.15, 0.2) is 33.4 Å². The van der Waals surface area contributed by atoms with E-state index in [0.717, 1.165) is 12.1 Å². The lowest BCUT2D eigenvalue weighted by Crippen LogP contribution is -2.05. The largest absolute Gasteiger partial charge is 0.465 e. The fourth-order valence-corrected chi connectivity index (χ4v) is 1.81. The fourth-order valence-electron chi connectivity index (χ4n) is 1.39. The number of halogens is 4. The van der Waals surface area contributed by atoms with Gasteiger partial charge < -0.3 is 9.52 Å². The predicted molar refractivity (Wildman–Crippen MR) is 56.8 cm³/mol. The Morgan fingerprint density at radius 1 is 1.12 bits per heavy atom. The molecule has 2 aromatic rings. The van der Waals surface area contributed by atoms with Gasteiger partial charge in [0.15, 0.2) is 23.2 Å². The topological polar surface area (TPSA) is 33.4 Å². The summed E-state index contributed by atoms with van der Waals surface area (Å²) in [5, 5.41) is 9.80. The third-order valence-corrected chi connectivity index (χ3v) is 2.91. The van der Waals surface area contributed by atoms with Gasteiger partial charge in [0.25, 0.3) is 0 Å². The summed E-state index contributed by atoms with van der Waals surface area (Å²) in [6, 6.07) is 3.21. The zero-order valence-electron chi connectivity index (χ0n) is 8.25. The fraction of sp³-hybridized carbons (Fsp3) is 0.0909. The monoisotopic (exact) mass is 306 g/mol. The molecule has 90 valence electrons. The van der Waals surface area contributed by atoms with E-state index in [0.29, 0.717) is 4.47 Å². The zero-order chi connectivity index (χ0) is 12.6. The van der Waals surface area contributed by atoms with Gasteiger partial charge in [-0.1, -0.05) is 0 Å². The number of benzene rings is 1. The molecule has 2 nitrogen and oxygen atoms in total. The summed E-state index contributed by atoms with van der Waals surface area (Å²) < 4.78 is 44.4. The van der Waals surface area contributed by atoms with Crippen molar-refractivity contribution in [1.29, 1.82) is 0 Å². The van der Waals surface area contributed by atoms with Crippen molar-refractivity contribution in [3.63, 3.8) is 0 Å². The van der Waals surface area contributed by atoms with Gasteiger partial charge in [-0.3, -0.25) is 0 Å². The third-order valence-electron chi connectivity index (χ3n) is 2.25. The number of rotatable bonds is 2. The van der Waals surface area contributed by atoms with Gasteiger partial charge in [-0.05, 0) is 34.1 Å². The molecule has 0 saturated heterocycles. The SMILES string of the molecule is OC(c1ccc(F)c(F)c1F)c1occc1Br. The molecule has 1 unspecified atom stereocenters. The van der Waals surface area contributed by atoms with E-state index in [1.165, 1.54) is 12.3 Å². The highest BCUT2D eigenvalue weighted by Gasteiger charge is 2.24. The molecule has 1 aromatic carbocycles. The molecule has 0 fully saturated rings. The van der Waals surface area contributed by atoms with Crippen molar-refractivity contribution in [3.8, 4) is 0 Å². The van der Waals surface area contributed by atoms with Gasteiger partial charge in [-0.15, -0.1) is 0 Å². The van der Waals surface area contributed by atoms with Crippen molar-refractivity contribution >= 4 is 15.9 Å². The Bertz CT molecular complexity index is 554.